The number of aromatic carboxylic acids is 1. The molecule has 0 bridgehead atoms. The number of carboxylic acids is 1. The van der Waals surface area contributed by atoms with Gasteiger partial charge in [0.05, 0.1) is 5.56 Å². The Hall–Kier alpha value is -1.47. The van der Waals surface area contributed by atoms with Gasteiger partial charge in [-0.05, 0) is 35.4 Å². The van der Waals surface area contributed by atoms with Gasteiger partial charge in [-0.1, -0.05) is 13.8 Å². The smallest absolute Gasteiger partial charge is 0.335 e. The largest absolute Gasteiger partial charge is 0.478 e. The first-order chi connectivity index (χ1) is 8.56. The third-order valence-electron chi connectivity index (χ3n) is 2.11. The van der Waals surface area contributed by atoms with Crippen molar-refractivity contribution in [3.63, 3.8) is 0 Å². The highest BCUT2D eigenvalue weighted by molar-refractivity contribution is 8.00. The topological polar surface area (TPSA) is 76.0 Å². The summed E-state index contributed by atoms with van der Waals surface area (Å²) in [5.74, 6) is 0.130. The molecule has 0 amide bonds. The van der Waals surface area contributed by atoms with Crippen LogP contribution in [0.2, 0.25) is 0 Å². The lowest BCUT2D eigenvalue weighted by Gasteiger charge is -1.98. The van der Waals surface area contributed by atoms with Crippen molar-refractivity contribution in [3.8, 4) is 0 Å². The molecule has 7 heteroatoms. The van der Waals surface area contributed by atoms with Crippen LogP contribution in [0.4, 0.5) is 0 Å². The van der Waals surface area contributed by atoms with Crippen LogP contribution in [0.1, 0.15) is 35.9 Å². The molecule has 2 rings (SSSR count). The van der Waals surface area contributed by atoms with Gasteiger partial charge < -0.3 is 5.11 Å². The van der Waals surface area contributed by atoms with Gasteiger partial charge in [0, 0.05) is 12.1 Å². The summed E-state index contributed by atoms with van der Waals surface area (Å²) in [6, 6.07) is 3.00. The molecular weight excluding hydrogens is 270 g/mol. The second kappa shape index (κ2) is 5.45. The van der Waals surface area contributed by atoms with Crippen LogP contribution < -0.4 is 0 Å². The van der Waals surface area contributed by atoms with E-state index in [1.807, 2.05) is 13.8 Å². The van der Waals surface area contributed by atoms with Crippen molar-refractivity contribution < 1.29 is 9.90 Å². The minimum atomic E-state index is -0.959. The summed E-state index contributed by atoms with van der Waals surface area (Å²) in [6.45, 7) is 4.06. The highest BCUT2D eigenvalue weighted by Crippen LogP contribution is 2.29. The molecular formula is C11H11N3O2S2. The number of carbonyl (C=O) groups is 1. The number of aromatic nitrogens is 3. The molecule has 0 aliphatic carbocycles. The fourth-order valence-electron chi connectivity index (χ4n) is 1.18. The van der Waals surface area contributed by atoms with Crippen LogP contribution in [-0.2, 0) is 0 Å². The van der Waals surface area contributed by atoms with E-state index < -0.39 is 5.97 Å². The van der Waals surface area contributed by atoms with E-state index in [0.29, 0.717) is 5.03 Å². The highest BCUT2D eigenvalue weighted by atomic mass is 32.2. The molecule has 2 heterocycles. The number of hydrogen-bond acceptors (Lipinski definition) is 6. The zero-order valence-electron chi connectivity index (χ0n) is 9.82. The Morgan fingerprint density at radius 3 is 2.89 bits per heavy atom. The Bertz CT molecular complexity index is 569. The van der Waals surface area contributed by atoms with E-state index >= 15 is 0 Å². The van der Waals surface area contributed by atoms with Crippen molar-refractivity contribution in [1.29, 1.82) is 0 Å². The number of nitrogens with zero attached hydrogens (tertiary/aromatic N) is 3. The highest BCUT2D eigenvalue weighted by Gasteiger charge is 2.11. The predicted molar refractivity (Wildman–Crippen MR) is 69.3 cm³/mol. The SMILES string of the molecule is CC(C)c1nsc(Sc2cc(C(=O)O)ccn2)n1. The van der Waals surface area contributed by atoms with Crippen LogP contribution in [0.15, 0.2) is 27.7 Å². The van der Waals surface area contributed by atoms with Crippen molar-refractivity contribution >= 4 is 29.3 Å². The van der Waals surface area contributed by atoms with Crippen molar-refractivity contribution in [3.05, 3.63) is 29.7 Å². The summed E-state index contributed by atoms with van der Waals surface area (Å²) in [4.78, 5) is 19.3. The summed E-state index contributed by atoms with van der Waals surface area (Å²) in [6.07, 6.45) is 1.48. The predicted octanol–water partition coefficient (Wildman–Crippen LogP) is 2.91. The molecule has 0 aliphatic heterocycles. The molecule has 0 unspecified atom stereocenters. The van der Waals surface area contributed by atoms with Crippen LogP contribution in [0.3, 0.4) is 0 Å². The number of rotatable bonds is 4. The quantitative estimate of drug-likeness (QED) is 0.928. The first-order valence-corrected chi connectivity index (χ1v) is 6.86. The van der Waals surface area contributed by atoms with Gasteiger partial charge in [-0.3, -0.25) is 0 Å². The van der Waals surface area contributed by atoms with Gasteiger partial charge in [0.15, 0.2) is 4.34 Å². The summed E-state index contributed by atoms with van der Waals surface area (Å²) >= 11 is 2.63. The zero-order chi connectivity index (χ0) is 13.1. The minimum Gasteiger partial charge on any atom is -0.478 e. The molecule has 18 heavy (non-hydrogen) atoms. The number of carboxylic acid groups (broad SMARTS) is 1. The van der Waals surface area contributed by atoms with E-state index in [1.54, 1.807) is 0 Å². The molecule has 0 aromatic carbocycles. The van der Waals surface area contributed by atoms with Crippen molar-refractivity contribution in [2.45, 2.75) is 29.1 Å². The minimum absolute atomic E-state index is 0.223. The monoisotopic (exact) mass is 281 g/mol. The standard InChI is InChI=1S/C11H11N3O2S2/c1-6(2)9-13-11(18-14-9)17-8-5-7(10(15)16)3-4-12-8/h3-6H,1-2H3,(H,15,16). The Morgan fingerprint density at radius 1 is 1.50 bits per heavy atom. The Morgan fingerprint density at radius 2 is 2.28 bits per heavy atom. The van der Waals surface area contributed by atoms with Crippen LogP contribution in [0.5, 0.6) is 0 Å². The van der Waals surface area contributed by atoms with E-state index in [4.69, 9.17) is 5.11 Å². The van der Waals surface area contributed by atoms with E-state index in [9.17, 15) is 4.79 Å². The van der Waals surface area contributed by atoms with Crippen LogP contribution in [0.25, 0.3) is 0 Å². The zero-order valence-corrected chi connectivity index (χ0v) is 11.5. The Labute approximate surface area is 112 Å². The fourth-order valence-corrected chi connectivity index (χ4v) is 2.88. The first kappa shape index (κ1) is 13.0. The van der Waals surface area contributed by atoms with Crippen molar-refractivity contribution in [2.75, 3.05) is 0 Å². The maximum absolute atomic E-state index is 10.8. The summed E-state index contributed by atoms with van der Waals surface area (Å²) in [5.41, 5.74) is 0.223. The van der Waals surface area contributed by atoms with Gasteiger partial charge in [0.1, 0.15) is 10.9 Å². The van der Waals surface area contributed by atoms with Gasteiger partial charge in [-0.2, -0.15) is 4.37 Å². The van der Waals surface area contributed by atoms with E-state index in [1.165, 1.54) is 41.6 Å². The van der Waals surface area contributed by atoms with Crippen LogP contribution in [-0.4, -0.2) is 25.4 Å². The van der Waals surface area contributed by atoms with Crippen LogP contribution in [0, 0.1) is 0 Å². The summed E-state index contributed by atoms with van der Waals surface area (Å²) < 4.78 is 5.01. The lowest BCUT2D eigenvalue weighted by Crippen LogP contribution is -1.96. The second-order valence-corrected chi connectivity index (χ2v) is 5.88. The average Bonchev–Trinajstić information content (AvgIpc) is 2.78. The van der Waals surface area contributed by atoms with Gasteiger partial charge in [0.2, 0.25) is 0 Å². The molecule has 1 N–H and O–H groups in total. The lowest BCUT2D eigenvalue weighted by atomic mass is 10.2. The maximum Gasteiger partial charge on any atom is 0.335 e. The maximum atomic E-state index is 10.8. The molecule has 0 fully saturated rings. The second-order valence-electron chi connectivity index (χ2n) is 3.86. The molecule has 2 aromatic rings. The number of hydrogen-bond donors (Lipinski definition) is 1. The van der Waals surface area contributed by atoms with Gasteiger partial charge >= 0.3 is 5.97 Å². The molecule has 2 aromatic heterocycles. The molecule has 0 saturated carbocycles. The van der Waals surface area contributed by atoms with E-state index in [0.717, 1.165) is 10.2 Å². The average molecular weight is 281 g/mol. The molecule has 0 atom stereocenters. The first-order valence-electron chi connectivity index (χ1n) is 5.27. The molecule has 0 saturated heterocycles. The Balaban J connectivity index is 2.17. The van der Waals surface area contributed by atoms with Crippen LogP contribution >= 0.6 is 23.3 Å². The summed E-state index contributed by atoms with van der Waals surface area (Å²) in [7, 11) is 0. The van der Waals surface area contributed by atoms with Gasteiger partial charge in [-0.15, -0.1) is 0 Å². The third-order valence-corrected chi connectivity index (χ3v) is 3.81. The Kier molecular flexibility index (Phi) is 3.93. The van der Waals surface area contributed by atoms with Gasteiger partial charge in [-0.25, -0.2) is 14.8 Å². The van der Waals surface area contributed by atoms with Gasteiger partial charge in [0.25, 0.3) is 0 Å². The molecule has 94 valence electrons. The summed E-state index contributed by atoms with van der Waals surface area (Å²) in [5, 5.41) is 9.50. The normalized spacial score (nSPS) is 10.8. The van der Waals surface area contributed by atoms with Crippen molar-refractivity contribution in [1.82, 2.24) is 14.3 Å². The molecule has 0 radical (unpaired) electrons. The van der Waals surface area contributed by atoms with Crippen molar-refractivity contribution in [2.24, 2.45) is 0 Å². The molecule has 0 spiro atoms. The van der Waals surface area contributed by atoms with E-state index in [2.05, 4.69) is 14.3 Å². The third kappa shape index (κ3) is 3.05. The molecule has 0 aliphatic rings. The van der Waals surface area contributed by atoms with E-state index in [-0.39, 0.29) is 11.5 Å². The lowest BCUT2D eigenvalue weighted by molar-refractivity contribution is 0.0696. The molecule has 5 nitrogen and oxygen atoms in total. The fraction of sp³-hybridized carbons (Fsp3) is 0.273. The number of pyridine rings is 1.